The molecule has 0 spiro atoms. The lowest BCUT2D eigenvalue weighted by atomic mass is 10.1. The van der Waals surface area contributed by atoms with Gasteiger partial charge in [0, 0.05) is 21.0 Å². The quantitative estimate of drug-likeness (QED) is 0.849. The maximum Gasteiger partial charge on any atom is 0.331 e. The summed E-state index contributed by atoms with van der Waals surface area (Å²) in [6.07, 6.45) is 0. The molecule has 4 heteroatoms. The Morgan fingerprint density at radius 3 is 2.65 bits per heavy atom. The van der Waals surface area contributed by atoms with Gasteiger partial charge in [-0.25, -0.2) is 4.79 Å². The molecule has 0 aliphatic heterocycles. The van der Waals surface area contributed by atoms with Crippen molar-refractivity contribution in [1.29, 1.82) is 0 Å². The van der Waals surface area contributed by atoms with Crippen LogP contribution in [0, 0.1) is 0 Å². The van der Waals surface area contributed by atoms with Gasteiger partial charge in [0.1, 0.15) is 11.3 Å². The zero-order chi connectivity index (χ0) is 12.6. The number of furan rings is 1. The topological polar surface area (TPSA) is 50.4 Å². The normalized spacial score (nSPS) is 12.6. The number of carboxylic acids is 1. The van der Waals surface area contributed by atoms with E-state index < -0.39 is 5.97 Å². The first-order valence-corrected chi connectivity index (χ1v) is 5.88. The summed E-state index contributed by atoms with van der Waals surface area (Å²) in [6.45, 7) is 3.32. The van der Waals surface area contributed by atoms with Crippen LogP contribution in [0.2, 0.25) is 0 Å². The molecule has 0 radical (unpaired) electrons. The monoisotopic (exact) mass is 294 g/mol. The van der Waals surface area contributed by atoms with E-state index in [1.54, 1.807) is 13.8 Å². The molecule has 0 amide bonds. The fourth-order valence-corrected chi connectivity index (χ4v) is 1.92. The van der Waals surface area contributed by atoms with Gasteiger partial charge >= 0.3 is 5.97 Å². The van der Waals surface area contributed by atoms with Gasteiger partial charge in [0.2, 0.25) is 0 Å². The van der Waals surface area contributed by atoms with Crippen LogP contribution in [-0.4, -0.2) is 11.1 Å². The smallest absolute Gasteiger partial charge is 0.331 e. The highest BCUT2D eigenvalue weighted by Gasteiger charge is 2.11. The highest BCUT2D eigenvalue weighted by Crippen LogP contribution is 2.28. The molecule has 0 saturated carbocycles. The summed E-state index contributed by atoms with van der Waals surface area (Å²) in [6, 6.07) is 7.53. The molecular weight excluding hydrogens is 284 g/mol. The van der Waals surface area contributed by atoms with Crippen LogP contribution in [0.15, 0.2) is 38.7 Å². The van der Waals surface area contributed by atoms with Crippen molar-refractivity contribution in [3.63, 3.8) is 0 Å². The fraction of sp³-hybridized carbons (Fsp3) is 0.154. The van der Waals surface area contributed by atoms with E-state index in [2.05, 4.69) is 15.9 Å². The van der Waals surface area contributed by atoms with E-state index in [1.807, 2.05) is 24.3 Å². The summed E-state index contributed by atoms with van der Waals surface area (Å²) in [4.78, 5) is 10.9. The molecule has 3 nitrogen and oxygen atoms in total. The van der Waals surface area contributed by atoms with Gasteiger partial charge in [0.25, 0.3) is 0 Å². The third-order valence-corrected chi connectivity index (χ3v) is 3.22. The lowest BCUT2D eigenvalue weighted by molar-refractivity contribution is -0.132. The fourth-order valence-electron chi connectivity index (χ4n) is 1.54. The summed E-state index contributed by atoms with van der Waals surface area (Å²) in [5, 5.41) is 9.88. The molecule has 0 bridgehead atoms. The Bertz CT molecular complexity index is 623. The molecule has 17 heavy (non-hydrogen) atoms. The second kappa shape index (κ2) is 4.37. The van der Waals surface area contributed by atoms with E-state index in [9.17, 15) is 4.79 Å². The third-order valence-electron chi connectivity index (χ3n) is 2.73. The van der Waals surface area contributed by atoms with Gasteiger partial charge in [-0.2, -0.15) is 0 Å². The molecule has 0 aliphatic rings. The van der Waals surface area contributed by atoms with Crippen LogP contribution in [-0.2, 0) is 4.79 Å². The molecule has 1 aromatic carbocycles. The number of hydrogen-bond acceptors (Lipinski definition) is 2. The van der Waals surface area contributed by atoms with Crippen molar-refractivity contribution in [2.24, 2.45) is 0 Å². The summed E-state index contributed by atoms with van der Waals surface area (Å²) in [5.41, 5.74) is 1.69. The van der Waals surface area contributed by atoms with Gasteiger partial charge in [0.05, 0.1) is 0 Å². The number of rotatable bonds is 2. The van der Waals surface area contributed by atoms with Crippen LogP contribution in [0.5, 0.6) is 0 Å². The van der Waals surface area contributed by atoms with Crippen molar-refractivity contribution in [2.75, 3.05) is 0 Å². The Hall–Kier alpha value is -1.55. The number of allylic oxidation sites excluding steroid dienone is 1. The minimum absolute atomic E-state index is 0.295. The van der Waals surface area contributed by atoms with Crippen LogP contribution < -0.4 is 0 Å². The first-order chi connectivity index (χ1) is 7.99. The molecule has 2 rings (SSSR count). The van der Waals surface area contributed by atoms with Gasteiger partial charge < -0.3 is 9.52 Å². The van der Waals surface area contributed by atoms with E-state index in [0.29, 0.717) is 16.9 Å². The summed E-state index contributed by atoms with van der Waals surface area (Å²) in [5.74, 6) is -0.331. The summed E-state index contributed by atoms with van der Waals surface area (Å²) < 4.78 is 6.58. The molecule has 0 saturated heterocycles. The first-order valence-electron chi connectivity index (χ1n) is 5.09. The molecule has 0 atom stereocenters. The van der Waals surface area contributed by atoms with Crippen molar-refractivity contribution in [3.8, 4) is 0 Å². The highest BCUT2D eigenvalue weighted by atomic mass is 79.9. The van der Waals surface area contributed by atoms with Crippen LogP contribution in [0.25, 0.3) is 16.5 Å². The molecule has 1 aromatic heterocycles. The van der Waals surface area contributed by atoms with Gasteiger partial charge in [-0.1, -0.05) is 15.9 Å². The highest BCUT2D eigenvalue weighted by molar-refractivity contribution is 9.10. The maximum atomic E-state index is 10.9. The second-order valence-electron chi connectivity index (χ2n) is 3.85. The van der Waals surface area contributed by atoms with Crippen molar-refractivity contribution in [3.05, 3.63) is 40.1 Å². The lowest BCUT2D eigenvalue weighted by Gasteiger charge is -1.99. The van der Waals surface area contributed by atoms with Crippen LogP contribution in [0.3, 0.4) is 0 Å². The number of carbonyl (C=O) groups is 1. The summed E-state index contributed by atoms with van der Waals surface area (Å²) >= 11 is 3.38. The molecule has 2 aromatic rings. The Kier molecular flexibility index (Phi) is 3.07. The Balaban J connectivity index is 2.57. The molecule has 1 N–H and O–H groups in total. The number of carboxylic acid groups (broad SMARTS) is 1. The number of hydrogen-bond donors (Lipinski definition) is 1. The van der Waals surface area contributed by atoms with Gasteiger partial charge in [-0.05, 0) is 38.1 Å². The number of halogens is 1. The van der Waals surface area contributed by atoms with Crippen molar-refractivity contribution >= 4 is 38.4 Å². The molecule has 1 heterocycles. The molecule has 0 aliphatic carbocycles. The average molecular weight is 295 g/mol. The first kappa shape index (κ1) is 11.9. The van der Waals surface area contributed by atoms with E-state index in [0.717, 1.165) is 15.4 Å². The van der Waals surface area contributed by atoms with Crippen LogP contribution in [0.1, 0.15) is 19.6 Å². The number of aliphatic carboxylic acids is 1. The summed E-state index contributed by atoms with van der Waals surface area (Å²) in [7, 11) is 0. The zero-order valence-electron chi connectivity index (χ0n) is 9.45. The Morgan fingerprint density at radius 2 is 2.00 bits per heavy atom. The van der Waals surface area contributed by atoms with Gasteiger partial charge in [0.15, 0.2) is 0 Å². The van der Waals surface area contributed by atoms with Gasteiger partial charge in [-0.15, -0.1) is 0 Å². The molecule has 88 valence electrons. The standard InChI is InChI=1S/C13H11BrO3/c1-7(8(2)13(15)16)12-6-9-5-10(14)3-4-11(9)17-12/h3-6H,1-2H3,(H,15,16). The molecular formula is C13H11BrO3. The van der Waals surface area contributed by atoms with E-state index in [1.165, 1.54) is 0 Å². The Morgan fingerprint density at radius 1 is 1.29 bits per heavy atom. The SMILES string of the molecule is CC(C(=O)O)=C(C)c1cc2cc(Br)ccc2o1. The second-order valence-corrected chi connectivity index (χ2v) is 4.76. The van der Waals surface area contributed by atoms with Gasteiger partial charge in [-0.3, -0.25) is 0 Å². The lowest BCUT2D eigenvalue weighted by Crippen LogP contribution is -1.98. The molecule has 0 unspecified atom stereocenters. The molecule has 0 fully saturated rings. The number of fused-ring (bicyclic) bond motifs is 1. The van der Waals surface area contributed by atoms with Crippen molar-refractivity contribution < 1.29 is 14.3 Å². The van der Waals surface area contributed by atoms with E-state index in [-0.39, 0.29) is 0 Å². The van der Waals surface area contributed by atoms with Crippen molar-refractivity contribution in [2.45, 2.75) is 13.8 Å². The largest absolute Gasteiger partial charge is 0.478 e. The van der Waals surface area contributed by atoms with Crippen LogP contribution in [0.4, 0.5) is 0 Å². The van der Waals surface area contributed by atoms with Crippen LogP contribution >= 0.6 is 15.9 Å². The average Bonchev–Trinajstić information content (AvgIpc) is 2.69. The zero-order valence-corrected chi connectivity index (χ0v) is 11.0. The third kappa shape index (κ3) is 2.26. The van der Waals surface area contributed by atoms with E-state index >= 15 is 0 Å². The minimum atomic E-state index is -0.927. The maximum absolute atomic E-state index is 10.9. The Labute approximate surface area is 107 Å². The minimum Gasteiger partial charge on any atom is -0.478 e. The number of benzene rings is 1. The predicted octanol–water partition coefficient (Wildman–Crippen LogP) is 4.07. The van der Waals surface area contributed by atoms with Crippen molar-refractivity contribution in [1.82, 2.24) is 0 Å². The van der Waals surface area contributed by atoms with E-state index in [4.69, 9.17) is 9.52 Å². The predicted molar refractivity (Wildman–Crippen MR) is 69.8 cm³/mol.